The molecule has 1 atom stereocenters. The van der Waals surface area contributed by atoms with Gasteiger partial charge in [-0.3, -0.25) is 4.79 Å². The van der Waals surface area contributed by atoms with Crippen molar-refractivity contribution in [3.05, 3.63) is 58.5 Å². The largest absolute Gasteiger partial charge is 0.457 e. The highest BCUT2D eigenvalue weighted by molar-refractivity contribution is 9.10. The van der Waals surface area contributed by atoms with Crippen molar-refractivity contribution < 1.29 is 9.21 Å². The van der Waals surface area contributed by atoms with Crippen molar-refractivity contribution in [2.24, 2.45) is 0 Å². The fraction of sp³-hybridized carbons (Fsp3) is 0.267. The molecule has 1 fully saturated rings. The molecule has 0 saturated carbocycles. The van der Waals surface area contributed by atoms with E-state index < -0.39 is 0 Å². The summed E-state index contributed by atoms with van der Waals surface area (Å²) < 4.78 is 5.67. The zero-order chi connectivity index (χ0) is 13.2. The van der Waals surface area contributed by atoms with Crippen molar-refractivity contribution in [3.8, 4) is 0 Å². The Morgan fingerprint density at radius 1 is 1.26 bits per heavy atom. The van der Waals surface area contributed by atoms with Crippen LogP contribution in [0.15, 0.2) is 51.7 Å². The summed E-state index contributed by atoms with van der Waals surface area (Å²) in [5, 5.41) is 0. The molecule has 1 aromatic heterocycles. The third-order valence-corrected chi connectivity index (χ3v) is 4.16. The topological polar surface area (TPSA) is 33.5 Å². The SMILES string of the molecule is O=C(c1ccoc1Br)N1CCCC1c1ccccc1. The molecule has 1 amide bonds. The molecule has 0 N–H and O–H groups in total. The molecule has 2 heterocycles. The second kappa shape index (κ2) is 5.21. The number of benzene rings is 1. The first kappa shape index (κ1) is 12.5. The number of rotatable bonds is 2. The van der Waals surface area contributed by atoms with Gasteiger partial charge in [-0.2, -0.15) is 0 Å². The van der Waals surface area contributed by atoms with Crippen molar-refractivity contribution in [1.29, 1.82) is 0 Å². The van der Waals surface area contributed by atoms with Crippen molar-refractivity contribution in [3.63, 3.8) is 0 Å². The lowest BCUT2D eigenvalue weighted by Gasteiger charge is -2.24. The molecular formula is C15H14BrNO2. The Morgan fingerprint density at radius 2 is 2.05 bits per heavy atom. The molecule has 3 nitrogen and oxygen atoms in total. The molecule has 98 valence electrons. The van der Waals surface area contributed by atoms with Crippen LogP contribution in [-0.4, -0.2) is 17.4 Å². The van der Waals surface area contributed by atoms with Crippen LogP contribution in [0.25, 0.3) is 0 Å². The van der Waals surface area contributed by atoms with E-state index in [9.17, 15) is 4.79 Å². The van der Waals surface area contributed by atoms with Crippen LogP contribution in [-0.2, 0) is 0 Å². The Hall–Kier alpha value is -1.55. The number of hydrogen-bond acceptors (Lipinski definition) is 2. The third kappa shape index (κ3) is 2.32. The quantitative estimate of drug-likeness (QED) is 0.837. The molecule has 3 rings (SSSR count). The van der Waals surface area contributed by atoms with Gasteiger partial charge in [0.05, 0.1) is 17.9 Å². The normalized spacial score (nSPS) is 18.8. The lowest BCUT2D eigenvalue weighted by Crippen LogP contribution is -2.30. The number of likely N-dealkylation sites (tertiary alicyclic amines) is 1. The van der Waals surface area contributed by atoms with Gasteiger partial charge >= 0.3 is 0 Å². The van der Waals surface area contributed by atoms with Crippen LogP contribution in [0.3, 0.4) is 0 Å². The first-order chi connectivity index (χ1) is 9.27. The van der Waals surface area contributed by atoms with E-state index in [1.54, 1.807) is 6.07 Å². The number of halogens is 1. The molecule has 4 heteroatoms. The molecule has 0 spiro atoms. The second-order valence-electron chi connectivity index (χ2n) is 4.68. The van der Waals surface area contributed by atoms with Gasteiger partial charge in [0, 0.05) is 6.54 Å². The molecule has 19 heavy (non-hydrogen) atoms. The molecular weight excluding hydrogens is 306 g/mol. The maximum Gasteiger partial charge on any atom is 0.258 e. The smallest absolute Gasteiger partial charge is 0.258 e. The van der Waals surface area contributed by atoms with E-state index in [0.29, 0.717) is 10.2 Å². The number of furan rings is 1. The van der Waals surface area contributed by atoms with Crippen LogP contribution in [0.5, 0.6) is 0 Å². The van der Waals surface area contributed by atoms with Crippen LogP contribution in [0.1, 0.15) is 34.8 Å². The molecule has 2 aromatic rings. The van der Waals surface area contributed by atoms with Gasteiger partial charge in [-0.05, 0) is 40.4 Å². The second-order valence-corrected chi connectivity index (χ2v) is 5.40. The first-order valence-corrected chi connectivity index (χ1v) is 7.15. The van der Waals surface area contributed by atoms with E-state index >= 15 is 0 Å². The summed E-state index contributed by atoms with van der Waals surface area (Å²) in [6.07, 6.45) is 3.59. The summed E-state index contributed by atoms with van der Waals surface area (Å²) in [4.78, 5) is 14.5. The highest BCUT2D eigenvalue weighted by atomic mass is 79.9. The monoisotopic (exact) mass is 319 g/mol. The number of carbonyl (C=O) groups is 1. The van der Waals surface area contributed by atoms with Gasteiger partial charge in [-0.25, -0.2) is 0 Å². The molecule has 0 bridgehead atoms. The van der Waals surface area contributed by atoms with E-state index in [0.717, 1.165) is 19.4 Å². The number of carbonyl (C=O) groups excluding carboxylic acids is 1. The van der Waals surface area contributed by atoms with Gasteiger partial charge in [0.1, 0.15) is 0 Å². The van der Waals surface area contributed by atoms with E-state index in [1.807, 2.05) is 23.1 Å². The van der Waals surface area contributed by atoms with Gasteiger partial charge in [-0.1, -0.05) is 30.3 Å². The van der Waals surface area contributed by atoms with Crippen molar-refractivity contribution in [2.45, 2.75) is 18.9 Å². The molecule has 1 unspecified atom stereocenters. The predicted octanol–water partition coefficient (Wildman–Crippen LogP) is 4.02. The fourth-order valence-corrected chi connectivity index (χ4v) is 3.04. The van der Waals surface area contributed by atoms with E-state index in [-0.39, 0.29) is 11.9 Å². The maximum absolute atomic E-state index is 12.5. The average molecular weight is 320 g/mol. The zero-order valence-corrected chi connectivity index (χ0v) is 12.0. The van der Waals surface area contributed by atoms with E-state index in [1.165, 1.54) is 11.8 Å². The van der Waals surface area contributed by atoms with Gasteiger partial charge in [0.25, 0.3) is 5.91 Å². The van der Waals surface area contributed by atoms with Crippen molar-refractivity contribution >= 4 is 21.8 Å². The first-order valence-electron chi connectivity index (χ1n) is 6.36. The van der Waals surface area contributed by atoms with E-state index in [4.69, 9.17) is 4.42 Å². The highest BCUT2D eigenvalue weighted by Crippen LogP contribution is 2.34. The molecule has 0 aliphatic carbocycles. The van der Waals surface area contributed by atoms with E-state index in [2.05, 4.69) is 28.1 Å². The summed E-state index contributed by atoms with van der Waals surface area (Å²) in [6, 6.07) is 12.1. The van der Waals surface area contributed by atoms with Crippen molar-refractivity contribution in [1.82, 2.24) is 4.90 Å². The van der Waals surface area contributed by atoms with Gasteiger partial charge in [-0.15, -0.1) is 0 Å². The Balaban J connectivity index is 1.88. The van der Waals surface area contributed by atoms with Crippen molar-refractivity contribution in [2.75, 3.05) is 6.54 Å². The van der Waals surface area contributed by atoms with Gasteiger partial charge < -0.3 is 9.32 Å². The Kier molecular flexibility index (Phi) is 3.42. The molecule has 1 saturated heterocycles. The maximum atomic E-state index is 12.5. The summed E-state index contributed by atoms with van der Waals surface area (Å²) in [5.74, 6) is 0.0342. The van der Waals surface area contributed by atoms with Crippen LogP contribution in [0.2, 0.25) is 0 Å². The summed E-state index contributed by atoms with van der Waals surface area (Å²) in [5.41, 5.74) is 1.80. The lowest BCUT2D eigenvalue weighted by atomic mass is 10.0. The minimum atomic E-state index is 0.0342. The Labute approximate surface area is 120 Å². The molecule has 1 aliphatic rings. The average Bonchev–Trinajstić information content (AvgIpc) is 3.07. The highest BCUT2D eigenvalue weighted by Gasteiger charge is 2.31. The summed E-state index contributed by atoms with van der Waals surface area (Å²) in [6.45, 7) is 0.802. The molecule has 1 aliphatic heterocycles. The number of nitrogens with zero attached hydrogens (tertiary/aromatic N) is 1. The minimum Gasteiger partial charge on any atom is -0.457 e. The van der Waals surface area contributed by atoms with Crippen LogP contribution in [0, 0.1) is 0 Å². The standard InChI is InChI=1S/C15H14BrNO2/c16-14-12(8-10-19-14)15(18)17-9-4-7-13(17)11-5-2-1-3-6-11/h1-3,5-6,8,10,13H,4,7,9H2. The third-order valence-electron chi connectivity index (χ3n) is 3.55. The van der Waals surface area contributed by atoms with Crippen LogP contribution in [0.4, 0.5) is 0 Å². The number of hydrogen-bond donors (Lipinski definition) is 0. The zero-order valence-electron chi connectivity index (χ0n) is 10.4. The fourth-order valence-electron chi connectivity index (χ4n) is 2.63. The minimum absolute atomic E-state index is 0.0342. The Morgan fingerprint density at radius 3 is 2.74 bits per heavy atom. The summed E-state index contributed by atoms with van der Waals surface area (Å²) >= 11 is 3.28. The van der Waals surface area contributed by atoms with Gasteiger partial charge in [0.15, 0.2) is 4.67 Å². The summed E-state index contributed by atoms with van der Waals surface area (Å²) in [7, 11) is 0. The lowest BCUT2D eigenvalue weighted by molar-refractivity contribution is 0.0733. The number of amides is 1. The molecule has 0 radical (unpaired) electrons. The van der Waals surface area contributed by atoms with Gasteiger partial charge in [0.2, 0.25) is 0 Å². The Bertz CT molecular complexity index is 579. The predicted molar refractivity (Wildman–Crippen MR) is 75.9 cm³/mol. The van der Waals surface area contributed by atoms with Crippen LogP contribution < -0.4 is 0 Å². The molecule has 1 aromatic carbocycles. The van der Waals surface area contributed by atoms with Crippen LogP contribution >= 0.6 is 15.9 Å².